The zero-order valence-electron chi connectivity index (χ0n) is 22.1. The van der Waals surface area contributed by atoms with Crippen LogP contribution in [0.15, 0.2) is 78.9 Å². The van der Waals surface area contributed by atoms with Gasteiger partial charge in [-0.3, -0.25) is 30.3 Å². The minimum absolute atomic E-state index is 0.234. The van der Waals surface area contributed by atoms with Crippen LogP contribution in [0.5, 0.6) is 11.5 Å². The largest absolute Gasteiger partial charge is 0.497 e. The predicted octanol–water partition coefficient (Wildman–Crippen LogP) is 7.22. The van der Waals surface area contributed by atoms with Gasteiger partial charge in [-0.2, -0.15) is 0 Å². The van der Waals surface area contributed by atoms with Gasteiger partial charge >= 0.3 is 17.1 Å². The molecule has 0 heterocycles. The van der Waals surface area contributed by atoms with Crippen molar-refractivity contribution in [3.8, 4) is 11.5 Å². The van der Waals surface area contributed by atoms with Crippen LogP contribution in [0.3, 0.4) is 0 Å². The lowest BCUT2D eigenvalue weighted by Gasteiger charge is -2.11. The third-order valence-corrected chi connectivity index (χ3v) is 6.81. The van der Waals surface area contributed by atoms with Gasteiger partial charge in [0, 0.05) is 0 Å². The van der Waals surface area contributed by atoms with Crippen LogP contribution in [0.25, 0.3) is 21.5 Å². The molecule has 5 aromatic carbocycles. The van der Waals surface area contributed by atoms with Crippen LogP contribution in [0, 0.1) is 44.2 Å². The fourth-order valence-corrected chi connectivity index (χ4v) is 4.76. The van der Waals surface area contributed by atoms with Crippen LogP contribution < -0.4 is 0 Å². The van der Waals surface area contributed by atoms with Crippen molar-refractivity contribution >= 4 is 38.6 Å². The smallest absolute Gasteiger partial charge is 0.366 e. The molecule has 0 aliphatic carbocycles. The molecule has 5 rings (SSSR count). The Morgan fingerprint density at radius 1 is 0.610 bits per heavy atom. The molecular formula is C30H25N3O8. The molecule has 5 aromatic rings. The molecule has 0 aliphatic heterocycles. The molecule has 11 nitrogen and oxygen atoms in total. The van der Waals surface area contributed by atoms with Gasteiger partial charge in [0.05, 0.1) is 14.8 Å². The molecule has 41 heavy (non-hydrogen) atoms. The van der Waals surface area contributed by atoms with Gasteiger partial charge in [-0.1, -0.05) is 78.4 Å². The first-order chi connectivity index (χ1) is 19.5. The predicted molar refractivity (Wildman–Crippen MR) is 155 cm³/mol. The third-order valence-electron chi connectivity index (χ3n) is 6.81. The molecule has 208 valence electrons. The van der Waals surface area contributed by atoms with Crippen LogP contribution in [-0.4, -0.2) is 25.0 Å². The number of nitrogens with zero attached hydrogens (tertiary/aromatic N) is 3. The highest BCUT2D eigenvalue weighted by Gasteiger charge is 2.37. The topological polar surface area (TPSA) is 170 Å². The van der Waals surface area contributed by atoms with Gasteiger partial charge in [-0.15, -0.1) is 0 Å². The summed E-state index contributed by atoms with van der Waals surface area (Å²) < 4.78 is 0. The summed E-state index contributed by atoms with van der Waals surface area (Å²) in [5.41, 5.74) is 1.63. The van der Waals surface area contributed by atoms with Crippen LogP contribution in [-0.2, 0) is 12.8 Å². The van der Waals surface area contributed by atoms with Gasteiger partial charge in [-0.05, 0) is 64.9 Å². The molecule has 0 amide bonds. The number of phenolic OH excluding ortho intramolecular Hbond substituents is 2. The molecule has 0 radical (unpaired) electrons. The second-order valence-corrected chi connectivity index (χ2v) is 9.46. The highest BCUT2D eigenvalue weighted by atomic mass is 16.6. The lowest BCUT2D eigenvalue weighted by atomic mass is 9.94. The van der Waals surface area contributed by atoms with Gasteiger partial charge in [-0.25, -0.2) is 0 Å². The average molecular weight is 556 g/mol. The minimum atomic E-state index is -1.48. The summed E-state index contributed by atoms with van der Waals surface area (Å²) in [6.07, 6.45) is 2.15. The fraction of sp³-hybridized carbons (Fsp3) is 0.133. The first-order valence-corrected chi connectivity index (χ1v) is 12.5. The Hall–Kier alpha value is -5.58. The highest BCUT2D eigenvalue weighted by molar-refractivity contribution is 5.89. The highest BCUT2D eigenvalue weighted by Crippen LogP contribution is 2.47. The first-order valence-electron chi connectivity index (χ1n) is 12.5. The van der Waals surface area contributed by atoms with E-state index in [-0.39, 0.29) is 6.07 Å². The molecule has 2 N–H and O–H groups in total. The summed E-state index contributed by atoms with van der Waals surface area (Å²) in [5.74, 6) is -2.88. The summed E-state index contributed by atoms with van der Waals surface area (Å²) in [5, 5.41) is 55.0. The van der Waals surface area contributed by atoms with Crippen molar-refractivity contribution in [2.24, 2.45) is 0 Å². The molecule has 0 aromatic heterocycles. The quantitative estimate of drug-likeness (QED) is 0.163. The maximum Gasteiger partial charge on any atom is 0.366 e. The number of aryl methyl sites for hydroxylation is 4. The zero-order valence-corrected chi connectivity index (χ0v) is 22.1. The Bertz CT molecular complexity index is 1780. The van der Waals surface area contributed by atoms with Crippen LogP contribution in [0.1, 0.15) is 22.3 Å². The number of benzene rings is 5. The van der Waals surface area contributed by atoms with Crippen molar-refractivity contribution in [2.45, 2.75) is 26.7 Å². The van der Waals surface area contributed by atoms with Gasteiger partial charge in [0.25, 0.3) is 11.5 Å². The number of phenols is 2. The monoisotopic (exact) mass is 555 g/mol. The Labute approximate surface area is 233 Å². The zero-order chi connectivity index (χ0) is 29.8. The van der Waals surface area contributed by atoms with E-state index in [1.54, 1.807) is 0 Å². The van der Waals surface area contributed by atoms with Crippen molar-refractivity contribution in [2.75, 3.05) is 0 Å². The number of hydrogen-bond donors (Lipinski definition) is 2. The minimum Gasteiger partial charge on any atom is -0.497 e. The van der Waals surface area contributed by atoms with Gasteiger partial charge < -0.3 is 10.2 Å². The summed E-state index contributed by atoms with van der Waals surface area (Å²) in [4.78, 5) is 27.4. The van der Waals surface area contributed by atoms with Crippen molar-refractivity contribution in [3.05, 3.63) is 131 Å². The fourth-order valence-electron chi connectivity index (χ4n) is 4.76. The number of hydrogen-bond acceptors (Lipinski definition) is 8. The molecular weight excluding hydrogens is 530 g/mol. The number of rotatable bonds is 6. The second-order valence-electron chi connectivity index (χ2n) is 9.46. The molecule has 0 atom stereocenters. The lowest BCUT2D eigenvalue weighted by molar-refractivity contribution is -0.405. The maximum absolute atomic E-state index is 10.4. The van der Waals surface area contributed by atoms with Crippen molar-refractivity contribution in [1.29, 1.82) is 0 Å². The molecule has 0 fully saturated rings. The molecule has 0 unspecified atom stereocenters. The summed E-state index contributed by atoms with van der Waals surface area (Å²) >= 11 is 0. The number of fused-ring (bicyclic) bond motifs is 2. The summed E-state index contributed by atoms with van der Waals surface area (Å²) in [6.45, 7) is 4.36. The first kappa shape index (κ1) is 28.4. The van der Waals surface area contributed by atoms with E-state index >= 15 is 0 Å². The number of aromatic hydroxyl groups is 2. The normalized spacial score (nSPS) is 10.7. The van der Waals surface area contributed by atoms with E-state index < -0.39 is 43.3 Å². The van der Waals surface area contributed by atoms with Gasteiger partial charge in [0.1, 0.15) is 6.07 Å². The van der Waals surface area contributed by atoms with E-state index in [9.17, 15) is 30.3 Å². The summed E-state index contributed by atoms with van der Waals surface area (Å²) in [7, 11) is 0. The van der Waals surface area contributed by atoms with Crippen molar-refractivity contribution in [3.63, 3.8) is 0 Å². The standard InChI is InChI=1S/C24H22.C6H3N3O8/c1-17-12-13-20-7-4-8-21(24(20)16-17)15-14-19-9-5-10-22-18(2)6-3-11-23(19)22;10-5-2(7(12)13)1-3(8(14)15)6(11)4(5)9(16)17/h3-13,16H,14-15H2,1-2H3;1,10-11H. The number of nitro benzene ring substituents is 3. The van der Waals surface area contributed by atoms with Crippen LogP contribution >= 0.6 is 0 Å². The van der Waals surface area contributed by atoms with E-state index in [1.807, 2.05) is 0 Å². The second kappa shape index (κ2) is 11.7. The Balaban J connectivity index is 0.000000202. The Kier molecular flexibility index (Phi) is 8.08. The van der Waals surface area contributed by atoms with Crippen LogP contribution in [0.2, 0.25) is 0 Å². The molecule has 0 spiro atoms. The summed E-state index contributed by atoms with van der Waals surface area (Å²) in [6, 6.07) is 27.0. The number of nitro groups is 3. The molecule has 0 aliphatic rings. The molecule has 0 saturated heterocycles. The van der Waals surface area contributed by atoms with Crippen LogP contribution in [0.4, 0.5) is 17.1 Å². The molecule has 0 bridgehead atoms. The average Bonchev–Trinajstić information content (AvgIpc) is 2.92. The van der Waals surface area contributed by atoms with E-state index in [1.165, 1.54) is 43.8 Å². The van der Waals surface area contributed by atoms with E-state index in [0.717, 1.165) is 12.8 Å². The Morgan fingerprint density at radius 2 is 1.15 bits per heavy atom. The SMILES string of the molecule is Cc1ccc2cccc(CCc3cccc4c(C)cccc34)c2c1.O=[N+]([O-])c1cc([N+](=O)[O-])c(O)c([N+](=O)[O-])c1O. The van der Waals surface area contributed by atoms with E-state index in [2.05, 4.69) is 86.6 Å². The maximum atomic E-state index is 10.4. The molecule has 0 saturated carbocycles. The van der Waals surface area contributed by atoms with E-state index in [0.29, 0.717) is 0 Å². The Morgan fingerprint density at radius 3 is 1.73 bits per heavy atom. The van der Waals surface area contributed by atoms with E-state index in [4.69, 9.17) is 10.2 Å². The third kappa shape index (κ3) is 5.88. The van der Waals surface area contributed by atoms with Gasteiger partial charge in [0.2, 0.25) is 0 Å². The van der Waals surface area contributed by atoms with Gasteiger partial charge in [0.15, 0.2) is 0 Å². The van der Waals surface area contributed by atoms with Crippen molar-refractivity contribution in [1.82, 2.24) is 0 Å². The molecule has 11 heteroatoms. The van der Waals surface area contributed by atoms with Crippen molar-refractivity contribution < 1.29 is 25.0 Å². The lowest BCUT2D eigenvalue weighted by Crippen LogP contribution is -1.98.